The van der Waals surface area contributed by atoms with E-state index in [1.807, 2.05) is 59.5 Å². The van der Waals surface area contributed by atoms with Gasteiger partial charge in [-0.3, -0.25) is 0 Å². The highest BCUT2D eigenvalue weighted by Gasteiger charge is 2.20. The summed E-state index contributed by atoms with van der Waals surface area (Å²) in [6.45, 7) is 0.682. The van der Waals surface area contributed by atoms with E-state index in [1.54, 1.807) is 0 Å². The van der Waals surface area contributed by atoms with Gasteiger partial charge in [-0.15, -0.1) is 5.10 Å². The van der Waals surface area contributed by atoms with E-state index in [2.05, 4.69) is 14.9 Å². The van der Waals surface area contributed by atoms with E-state index < -0.39 is 7.25 Å². The third-order valence-electron chi connectivity index (χ3n) is 2.49. The Labute approximate surface area is 117 Å². The van der Waals surface area contributed by atoms with Crippen LogP contribution in [0, 0.1) is 0 Å². The molecule has 0 fully saturated rings. The molecule has 0 aliphatic carbocycles. The Kier molecular flexibility index (Phi) is 4.51. The van der Waals surface area contributed by atoms with Crippen LogP contribution in [0.5, 0.6) is 0 Å². The zero-order chi connectivity index (χ0) is 15.3. The molecule has 110 valence electrons. The first-order valence-corrected chi connectivity index (χ1v) is 6.03. The molecule has 0 bridgehead atoms. The number of para-hydroxylation sites is 1. The van der Waals surface area contributed by atoms with Gasteiger partial charge in [-0.2, -0.15) is 9.25 Å². The molecule has 21 heavy (non-hydrogen) atoms. The molecule has 1 aromatic carbocycles. The molecular formula is C12H11BF4N4. The molecule has 0 radical (unpaired) electrons. The molecule has 0 unspecified atom stereocenters. The van der Waals surface area contributed by atoms with Gasteiger partial charge in [0.15, 0.2) is 12.4 Å². The second-order valence-electron chi connectivity index (χ2n) is 4.10. The van der Waals surface area contributed by atoms with Crippen LogP contribution in [0.2, 0.25) is 0 Å². The van der Waals surface area contributed by atoms with Crippen LogP contribution in [-0.4, -0.2) is 22.2 Å². The third kappa shape index (κ3) is 4.86. The Balaban J connectivity index is 0.000000282. The van der Waals surface area contributed by atoms with Crippen molar-refractivity contribution in [3.63, 3.8) is 0 Å². The minimum atomic E-state index is -6.00. The van der Waals surface area contributed by atoms with Gasteiger partial charge in [0.1, 0.15) is 5.52 Å². The fourth-order valence-electron chi connectivity index (χ4n) is 1.71. The van der Waals surface area contributed by atoms with E-state index in [0.29, 0.717) is 6.67 Å². The summed E-state index contributed by atoms with van der Waals surface area (Å²) < 4.78 is 42.9. The number of halogens is 4. The van der Waals surface area contributed by atoms with Gasteiger partial charge in [-0.25, -0.2) is 0 Å². The van der Waals surface area contributed by atoms with Gasteiger partial charge >= 0.3 is 7.25 Å². The molecular weight excluding hydrogens is 287 g/mol. The van der Waals surface area contributed by atoms with Crippen molar-refractivity contribution in [1.82, 2.24) is 15.0 Å². The number of fused-ring (bicyclic) bond motifs is 1. The van der Waals surface area contributed by atoms with Crippen molar-refractivity contribution in [2.75, 3.05) is 0 Å². The number of rotatable bonds is 2. The van der Waals surface area contributed by atoms with Gasteiger partial charge in [0.25, 0.3) is 0 Å². The van der Waals surface area contributed by atoms with Gasteiger partial charge in [0.05, 0.1) is 5.52 Å². The average Bonchev–Trinajstić information content (AvgIpc) is 2.82. The number of aromatic nitrogens is 4. The number of hydrogen-bond donors (Lipinski definition) is 0. The first-order valence-electron chi connectivity index (χ1n) is 6.03. The summed E-state index contributed by atoms with van der Waals surface area (Å²) in [7, 11) is -6.00. The van der Waals surface area contributed by atoms with E-state index in [-0.39, 0.29) is 0 Å². The molecule has 3 aromatic rings. The smallest absolute Gasteiger partial charge is 0.418 e. The fourth-order valence-corrected chi connectivity index (χ4v) is 1.71. The quantitative estimate of drug-likeness (QED) is 0.414. The second-order valence-corrected chi connectivity index (χ2v) is 4.10. The van der Waals surface area contributed by atoms with Gasteiger partial charge in [0.2, 0.25) is 6.67 Å². The van der Waals surface area contributed by atoms with Crippen molar-refractivity contribution in [2.24, 2.45) is 0 Å². The lowest BCUT2D eigenvalue weighted by atomic mass is 10.3. The predicted molar refractivity (Wildman–Crippen MR) is 69.7 cm³/mol. The Morgan fingerprint density at radius 1 is 0.952 bits per heavy atom. The second kappa shape index (κ2) is 6.34. The van der Waals surface area contributed by atoms with E-state index in [9.17, 15) is 17.3 Å². The summed E-state index contributed by atoms with van der Waals surface area (Å²) in [5, 5.41) is 8.25. The van der Waals surface area contributed by atoms with Crippen molar-refractivity contribution in [3.8, 4) is 0 Å². The monoisotopic (exact) mass is 298 g/mol. The Bertz CT molecular complexity index is 693. The molecule has 0 atom stereocenters. The largest absolute Gasteiger partial charge is 0.673 e. The van der Waals surface area contributed by atoms with Gasteiger partial charge in [-0.1, -0.05) is 23.4 Å². The van der Waals surface area contributed by atoms with Crippen molar-refractivity contribution in [3.05, 3.63) is 54.9 Å². The average molecular weight is 298 g/mol. The zero-order valence-corrected chi connectivity index (χ0v) is 10.8. The maximum Gasteiger partial charge on any atom is 0.673 e. The molecule has 0 aliphatic rings. The molecule has 9 heteroatoms. The normalized spacial score (nSPS) is 11.0. The standard InChI is InChI=1S/C12H11N4.BF4/c1-4-8-15(9-5-1)10-16-12-7-3-2-6-11(12)13-14-16;2-1(3,4)5/h1-9H,10H2;/q+1;-1. The lowest BCUT2D eigenvalue weighted by molar-refractivity contribution is -0.702. The molecule has 0 saturated heterocycles. The fraction of sp³-hybridized carbons (Fsp3) is 0.0833. The number of pyridine rings is 1. The molecule has 0 N–H and O–H groups in total. The minimum Gasteiger partial charge on any atom is -0.418 e. The van der Waals surface area contributed by atoms with Crippen LogP contribution in [0.15, 0.2) is 54.9 Å². The van der Waals surface area contributed by atoms with E-state index in [1.165, 1.54) is 0 Å². The van der Waals surface area contributed by atoms with Crippen LogP contribution in [0.1, 0.15) is 0 Å². The molecule has 2 aromatic heterocycles. The summed E-state index contributed by atoms with van der Waals surface area (Å²) in [5.41, 5.74) is 1.98. The number of nitrogens with zero attached hydrogens (tertiary/aromatic N) is 4. The number of benzene rings is 1. The topological polar surface area (TPSA) is 34.6 Å². The van der Waals surface area contributed by atoms with Crippen LogP contribution in [0.4, 0.5) is 17.3 Å². The highest BCUT2D eigenvalue weighted by molar-refractivity contribution is 6.50. The van der Waals surface area contributed by atoms with E-state index in [0.717, 1.165) is 11.0 Å². The molecule has 2 heterocycles. The predicted octanol–water partition coefficient (Wildman–Crippen LogP) is 2.52. The Morgan fingerprint density at radius 3 is 2.24 bits per heavy atom. The molecule has 4 nitrogen and oxygen atoms in total. The van der Waals surface area contributed by atoms with Crippen LogP contribution in [0.25, 0.3) is 11.0 Å². The third-order valence-corrected chi connectivity index (χ3v) is 2.49. The van der Waals surface area contributed by atoms with Gasteiger partial charge in [0, 0.05) is 12.1 Å². The molecule has 0 saturated carbocycles. The maximum absolute atomic E-state index is 9.75. The van der Waals surface area contributed by atoms with Crippen molar-refractivity contribution >= 4 is 18.3 Å². The lowest BCUT2D eigenvalue weighted by Gasteiger charge is -1.97. The SMILES string of the molecule is F[B-](F)(F)F.c1cc[n+](Cn2nnc3ccccc32)cc1. The van der Waals surface area contributed by atoms with Crippen LogP contribution in [-0.2, 0) is 6.67 Å². The van der Waals surface area contributed by atoms with E-state index in [4.69, 9.17) is 0 Å². The minimum absolute atomic E-state index is 0.682. The van der Waals surface area contributed by atoms with Crippen molar-refractivity contribution in [2.45, 2.75) is 6.67 Å². The summed E-state index contributed by atoms with van der Waals surface area (Å²) in [4.78, 5) is 0. The summed E-state index contributed by atoms with van der Waals surface area (Å²) >= 11 is 0. The highest BCUT2D eigenvalue weighted by atomic mass is 19.5. The Hall–Kier alpha value is -2.45. The van der Waals surface area contributed by atoms with Crippen molar-refractivity contribution < 1.29 is 21.8 Å². The first kappa shape index (κ1) is 15.0. The van der Waals surface area contributed by atoms with Gasteiger partial charge < -0.3 is 17.3 Å². The molecule has 0 aliphatic heterocycles. The van der Waals surface area contributed by atoms with E-state index >= 15 is 0 Å². The maximum atomic E-state index is 9.75. The summed E-state index contributed by atoms with van der Waals surface area (Å²) in [5.74, 6) is 0. The van der Waals surface area contributed by atoms with Crippen LogP contribution >= 0.6 is 0 Å². The summed E-state index contributed by atoms with van der Waals surface area (Å²) in [6, 6.07) is 14.0. The van der Waals surface area contributed by atoms with Crippen LogP contribution in [0.3, 0.4) is 0 Å². The number of hydrogen-bond acceptors (Lipinski definition) is 2. The molecule has 3 rings (SSSR count). The lowest BCUT2D eigenvalue weighted by Crippen LogP contribution is -2.36. The zero-order valence-electron chi connectivity index (χ0n) is 10.8. The van der Waals surface area contributed by atoms with Crippen molar-refractivity contribution in [1.29, 1.82) is 0 Å². The Morgan fingerprint density at radius 2 is 1.57 bits per heavy atom. The summed E-state index contributed by atoms with van der Waals surface area (Å²) in [6.07, 6.45) is 4.02. The first-order chi connectivity index (χ1) is 9.93. The van der Waals surface area contributed by atoms with Gasteiger partial charge in [-0.05, 0) is 12.1 Å². The van der Waals surface area contributed by atoms with Crippen LogP contribution < -0.4 is 4.57 Å². The highest BCUT2D eigenvalue weighted by Crippen LogP contribution is 2.08. The molecule has 0 spiro atoms. The molecule has 0 amide bonds.